The van der Waals surface area contributed by atoms with Gasteiger partial charge in [-0.25, -0.2) is 0 Å². The van der Waals surface area contributed by atoms with Gasteiger partial charge in [0, 0.05) is 11.8 Å². The van der Waals surface area contributed by atoms with E-state index >= 15 is 0 Å². The molecule has 0 N–H and O–H groups in total. The van der Waals surface area contributed by atoms with Gasteiger partial charge in [0.25, 0.3) is 0 Å². The molecule has 0 fully saturated rings. The highest BCUT2D eigenvalue weighted by Crippen LogP contribution is 2.17. The van der Waals surface area contributed by atoms with Crippen LogP contribution in [-0.2, 0) is 0 Å². The molecular weight excluding hydrogens is 146 g/mol. The Morgan fingerprint density at radius 3 is 2.75 bits per heavy atom. The van der Waals surface area contributed by atoms with Gasteiger partial charge >= 0.3 is 0 Å². The zero-order valence-corrected chi connectivity index (χ0v) is 7.59. The number of hydrogen-bond donors (Lipinski definition) is 0. The van der Waals surface area contributed by atoms with Crippen molar-refractivity contribution >= 4 is 11.6 Å². The summed E-state index contributed by atoms with van der Waals surface area (Å²) in [5.74, 6) is 0. The van der Waals surface area contributed by atoms with Gasteiger partial charge in [0.1, 0.15) is 0 Å². The maximum absolute atomic E-state index is 4.24. The molecule has 1 rings (SSSR count). The van der Waals surface area contributed by atoms with Crippen LogP contribution in [-0.4, -0.2) is 4.98 Å². The minimum absolute atomic E-state index is 0.910. The van der Waals surface area contributed by atoms with Crippen LogP contribution in [0, 0.1) is 6.92 Å². The first kappa shape index (κ1) is 8.72. The van der Waals surface area contributed by atoms with Crippen molar-refractivity contribution in [2.75, 3.05) is 0 Å². The fourth-order valence-corrected chi connectivity index (χ4v) is 1.08. The molecule has 0 saturated carbocycles. The van der Waals surface area contributed by atoms with Gasteiger partial charge in [-0.3, -0.25) is 4.98 Å². The summed E-state index contributed by atoms with van der Waals surface area (Å²) in [5.41, 5.74) is 4.18. The normalized spacial score (nSPS) is 9.50. The Kier molecular flexibility index (Phi) is 2.44. The van der Waals surface area contributed by atoms with Crippen LogP contribution in [0.1, 0.15) is 23.7 Å². The summed E-state index contributed by atoms with van der Waals surface area (Å²) in [6, 6.07) is 2.08. The summed E-state index contributed by atoms with van der Waals surface area (Å²) >= 11 is 0. The van der Waals surface area contributed by atoms with Crippen molar-refractivity contribution in [3.63, 3.8) is 0 Å². The first-order valence-corrected chi connectivity index (χ1v) is 3.90. The van der Waals surface area contributed by atoms with Gasteiger partial charge in [0.05, 0.1) is 5.69 Å². The van der Waals surface area contributed by atoms with E-state index < -0.39 is 0 Å². The Morgan fingerprint density at radius 2 is 2.25 bits per heavy atom. The molecule has 0 amide bonds. The molecule has 0 aromatic carbocycles. The molecule has 0 atom stereocenters. The lowest BCUT2D eigenvalue weighted by molar-refractivity contribution is 1.22. The van der Waals surface area contributed by atoms with Crippen LogP contribution in [0.3, 0.4) is 0 Å². The lowest BCUT2D eigenvalue weighted by Crippen LogP contribution is -1.90. The molecule has 1 nitrogen and oxygen atoms in total. The van der Waals surface area contributed by atoms with Gasteiger partial charge in [0.15, 0.2) is 0 Å². The molecule has 0 aliphatic heterocycles. The molecule has 0 radical (unpaired) electrons. The highest BCUT2D eigenvalue weighted by molar-refractivity contribution is 5.69. The van der Waals surface area contributed by atoms with Crippen LogP contribution < -0.4 is 0 Å². The molecule has 0 bridgehead atoms. The van der Waals surface area contributed by atoms with Crippen molar-refractivity contribution in [1.82, 2.24) is 4.98 Å². The highest BCUT2D eigenvalue weighted by Gasteiger charge is 2.00. The molecule has 0 aliphatic carbocycles. The van der Waals surface area contributed by atoms with Gasteiger partial charge in [-0.2, -0.15) is 0 Å². The van der Waals surface area contributed by atoms with Crippen LogP contribution in [0.5, 0.6) is 0 Å². The van der Waals surface area contributed by atoms with E-state index in [1.54, 1.807) is 6.08 Å². The summed E-state index contributed by atoms with van der Waals surface area (Å²) in [6.07, 6.45) is 3.59. The molecule has 0 spiro atoms. The zero-order chi connectivity index (χ0) is 9.14. The molecular formula is C11H13N. The Labute approximate surface area is 73.5 Å². The first-order chi connectivity index (χ1) is 5.65. The third-order valence-electron chi connectivity index (χ3n) is 1.71. The van der Waals surface area contributed by atoms with Crippen molar-refractivity contribution < 1.29 is 0 Å². The van der Waals surface area contributed by atoms with Gasteiger partial charge in [-0.1, -0.05) is 13.2 Å². The largest absolute Gasteiger partial charge is 0.256 e. The van der Waals surface area contributed by atoms with Crippen molar-refractivity contribution in [3.05, 3.63) is 42.2 Å². The number of rotatable bonds is 2. The predicted molar refractivity (Wildman–Crippen MR) is 53.8 cm³/mol. The first-order valence-electron chi connectivity index (χ1n) is 3.90. The molecule has 1 heteroatoms. The van der Waals surface area contributed by atoms with Crippen molar-refractivity contribution in [1.29, 1.82) is 0 Å². The van der Waals surface area contributed by atoms with Crippen LogP contribution in [0.4, 0.5) is 0 Å². The van der Waals surface area contributed by atoms with E-state index in [9.17, 15) is 0 Å². The van der Waals surface area contributed by atoms with Crippen LogP contribution >= 0.6 is 0 Å². The van der Waals surface area contributed by atoms with Gasteiger partial charge in [0.2, 0.25) is 0 Å². The van der Waals surface area contributed by atoms with E-state index in [4.69, 9.17) is 0 Å². The molecule has 0 unspecified atom stereocenters. The SMILES string of the molecule is C=Cc1ncc(C)cc1C(=C)C. The van der Waals surface area contributed by atoms with E-state index in [-0.39, 0.29) is 0 Å². The van der Waals surface area contributed by atoms with E-state index in [1.807, 2.05) is 20.0 Å². The molecule has 1 aromatic rings. The number of hydrogen-bond acceptors (Lipinski definition) is 1. The second-order valence-corrected chi connectivity index (χ2v) is 2.93. The minimum Gasteiger partial charge on any atom is -0.256 e. The Hall–Kier alpha value is -1.37. The van der Waals surface area contributed by atoms with Crippen LogP contribution in [0.25, 0.3) is 11.6 Å². The van der Waals surface area contributed by atoms with Crippen molar-refractivity contribution in [2.24, 2.45) is 0 Å². The summed E-state index contributed by atoms with van der Waals surface area (Å²) in [7, 11) is 0. The average Bonchev–Trinajstić information content (AvgIpc) is 2.04. The average molecular weight is 159 g/mol. The molecule has 1 aromatic heterocycles. The van der Waals surface area contributed by atoms with Crippen molar-refractivity contribution in [2.45, 2.75) is 13.8 Å². The second-order valence-electron chi connectivity index (χ2n) is 2.93. The van der Waals surface area contributed by atoms with Crippen LogP contribution in [0.2, 0.25) is 0 Å². The number of aromatic nitrogens is 1. The summed E-state index contributed by atoms with van der Waals surface area (Å²) in [5, 5.41) is 0. The molecule has 0 saturated heterocycles. The summed E-state index contributed by atoms with van der Waals surface area (Å²) < 4.78 is 0. The van der Waals surface area contributed by atoms with Gasteiger partial charge < -0.3 is 0 Å². The fourth-order valence-electron chi connectivity index (χ4n) is 1.08. The smallest absolute Gasteiger partial charge is 0.0698 e. The third kappa shape index (κ3) is 1.62. The second kappa shape index (κ2) is 3.35. The Morgan fingerprint density at radius 1 is 1.58 bits per heavy atom. The molecule has 62 valence electrons. The maximum Gasteiger partial charge on any atom is 0.0698 e. The quantitative estimate of drug-likeness (QED) is 0.646. The minimum atomic E-state index is 0.910. The maximum atomic E-state index is 4.24. The Bertz CT molecular complexity index is 324. The van der Waals surface area contributed by atoms with E-state index in [0.717, 1.165) is 22.4 Å². The number of pyridine rings is 1. The monoisotopic (exact) mass is 159 g/mol. The van der Waals surface area contributed by atoms with E-state index in [2.05, 4.69) is 24.2 Å². The predicted octanol–water partition coefficient (Wildman–Crippen LogP) is 3.07. The zero-order valence-electron chi connectivity index (χ0n) is 7.59. The standard InChI is InChI=1S/C11H13N/c1-5-11-10(8(2)3)6-9(4)7-12-11/h5-7H,1-2H2,3-4H3. The molecule has 1 heterocycles. The Balaban J connectivity index is 3.30. The lowest BCUT2D eigenvalue weighted by Gasteiger charge is -2.04. The highest BCUT2D eigenvalue weighted by atomic mass is 14.7. The van der Waals surface area contributed by atoms with Crippen LogP contribution in [0.15, 0.2) is 25.4 Å². The number of allylic oxidation sites excluding steroid dienone is 1. The molecule has 12 heavy (non-hydrogen) atoms. The molecule has 0 aliphatic rings. The lowest BCUT2D eigenvalue weighted by atomic mass is 10.1. The topological polar surface area (TPSA) is 12.9 Å². The number of nitrogens with zero attached hydrogens (tertiary/aromatic N) is 1. The van der Waals surface area contributed by atoms with E-state index in [0.29, 0.717) is 0 Å². The summed E-state index contributed by atoms with van der Waals surface area (Å²) in [4.78, 5) is 4.24. The van der Waals surface area contributed by atoms with Gasteiger partial charge in [-0.15, -0.1) is 0 Å². The van der Waals surface area contributed by atoms with Crippen molar-refractivity contribution in [3.8, 4) is 0 Å². The number of aryl methyl sites for hydroxylation is 1. The third-order valence-corrected chi connectivity index (χ3v) is 1.71. The van der Waals surface area contributed by atoms with Gasteiger partial charge in [-0.05, 0) is 37.1 Å². The summed E-state index contributed by atoms with van der Waals surface area (Å²) in [6.45, 7) is 11.6. The van der Waals surface area contributed by atoms with E-state index in [1.165, 1.54) is 0 Å². The fraction of sp³-hybridized carbons (Fsp3) is 0.182.